The van der Waals surface area contributed by atoms with Gasteiger partial charge >= 0.3 is 0 Å². The Morgan fingerprint density at radius 3 is 2.62 bits per heavy atom. The fourth-order valence-electron chi connectivity index (χ4n) is 3.00. The minimum Gasteiger partial charge on any atom is -0.353 e. The molecule has 4 rings (SSSR count). The van der Waals surface area contributed by atoms with Gasteiger partial charge in [-0.3, -0.25) is 9.48 Å². The summed E-state index contributed by atoms with van der Waals surface area (Å²) in [5.74, 6) is 1.67. The molecule has 4 heterocycles. The van der Waals surface area contributed by atoms with Crippen LogP contribution in [-0.2, 0) is 11.3 Å². The number of aryl methyl sites for hydroxylation is 1. The third-order valence-corrected chi connectivity index (χ3v) is 4.41. The van der Waals surface area contributed by atoms with E-state index < -0.39 is 0 Å². The molecule has 0 aromatic carbocycles. The molecule has 0 N–H and O–H groups in total. The van der Waals surface area contributed by atoms with Crippen LogP contribution in [0, 0.1) is 6.92 Å². The molecule has 0 atom stereocenters. The van der Waals surface area contributed by atoms with E-state index in [4.69, 9.17) is 0 Å². The van der Waals surface area contributed by atoms with Gasteiger partial charge in [0.05, 0.1) is 5.69 Å². The highest BCUT2D eigenvalue weighted by atomic mass is 16.2. The second-order valence-electron chi connectivity index (χ2n) is 6.21. The van der Waals surface area contributed by atoms with Gasteiger partial charge in [-0.2, -0.15) is 10.2 Å². The van der Waals surface area contributed by atoms with Crippen molar-refractivity contribution in [2.24, 2.45) is 0 Å². The fraction of sp³-hybridized carbons (Fsp3) is 0.353. The minimum absolute atomic E-state index is 0.0868. The Labute approximate surface area is 150 Å². The summed E-state index contributed by atoms with van der Waals surface area (Å²) in [6, 6.07) is 5.68. The van der Waals surface area contributed by atoms with Gasteiger partial charge in [0.2, 0.25) is 5.91 Å². The summed E-state index contributed by atoms with van der Waals surface area (Å²) in [7, 11) is 0. The second-order valence-corrected chi connectivity index (χ2v) is 6.21. The highest BCUT2D eigenvalue weighted by Crippen LogP contribution is 2.16. The van der Waals surface area contributed by atoms with Gasteiger partial charge in [-0.15, -0.1) is 0 Å². The molecule has 3 aromatic rings. The van der Waals surface area contributed by atoms with Gasteiger partial charge in [-0.25, -0.2) is 14.6 Å². The summed E-state index contributed by atoms with van der Waals surface area (Å²) in [5.41, 5.74) is 0.939. The molecule has 1 fully saturated rings. The maximum absolute atomic E-state index is 12.4. The predicted octanol–water partition coefficient (Wildman–Crippen LogP) is 0.516. The average molecular weight is 352 g/mol. The molecule has 1 amide bonds. The first-order chi connectivity index (χ1) is 12.7. The van der Waals surface area contributed by atoms with E-state index in [9.17, 15) is 4.79 Å². The molecule has 0 saturated carbocycles. The van der Waals surface area contributed by atoms with Crippen molar-refractivity contribution in [1.29, 1.82) is 0 Å². The maximum atomic E-state index is 12.4. The Hall–Kier alpha value is -3.23. The first kappa shape index (κ1) is 16.2. The van der Waals surface area contributed by atoms with Crippen molar-refractivity contribution in [2.75, 3.05) is 31.1 Å². The number of carbonyl (C=O) groups excluding carboxylic acids is 1. The summed E-state index contributed by atoms with van der Waals surface area (Å²) in [4.78, 5) is 25.1. The molecule has 0 bridgehead atoms. The molecule has 0 spiro atoms. The van der Waals surface area contributed by atoms with Gasteiger partial charge in [-0.1, -0.05) is 0 Å². The lowest BCUT2D eigenvalue weighted by atomic mass is 10.3. The third kappa shape index (κ3) is 3.41. The van der Waals surface area contributed by atoms with Crippen LogP contribution in [0.5, 0.6) is 0 Å². The quantitative estimate of drug-likeness (QED) is 0.680. The standard InChI is InChI=1S/C17H20N8O/c1-14-3-6-25(21-14)16-11-15(18-13-19-16)22-7-9-23(10-8-22)17(26)12-24-5-2-4-20-24/h2-6,11,13H,7-10,12H2,1H3. The van der Waals surface area contributed by atoms with Gasteiger partial charge in [-0.05, 0) is 19.1 Å². The Kier molecular flexibility index (Phi) is 4.34. The molecular weight excluding hydrogens is 332 g/mol. The van der Waals surface area contributed by atoms with Crippen molar-refractivity contribution in [3.05, 3.63) is 48.8 Å². The lowest BCUT2D eigenvalue weighted by Gasteiger charge is -2.35. The zero-order valence-electron chi connectivity index (χ0n) is 14.6. The van der Waals surface area contributed by atoms with Crippen LogP contribution in [0.2, 0.25) is 0 Å². The number of anilines is 1. The van der Waals surface area contributed by atoms with E-state index in [-0.39, 0.29) is 12.5 Å². The Morgan fingerprint density at radius 2 is 1.92 bits per heavy atom. The van der Waals surface area contributed by atoms with E-state index in [1.54, 1.807) is 28.1 Å². The topological polar surface area (TPSA) is 85.0 Å². The second kappa shape index (κ2) is 6.95. The van der Waals surface area contributed by atoms with Gasteiger partial charge < -0.3 is 9.80 Å². The summed E-state index contributed by atoms with van der Waals surface area (Å²) in [6.45, 7) is 5.03. The van der Waals surface area contributed by atoms with Crippen LogP contribution in [0.4, 0.5) is 5.82 Å². The molecule has 9 nitrogen and oxygen atoms in total. The molecule has 3 aromatic heterocycles. The van der Waals surface area contributed by atoms with E-state index in [1.807, 2.05) is 36.2 Å². The van der Waals surface area contributed by atoms with Gasteiger partial charge in [0.1, 0.15) is 18.7 Å². The number of nitrogens with zero attached hydrogens (tertiary/aromatic N) is 8. The number of amides is 1. The van der Waals surface area contributed by atoms with Gasteiger partial charge in [0.15, 0.2) is 5.82 Å². The molecule has 134 valence electrons. The molecule has 0 radical (unpaired) electrons. The molecule has 0 aliphatic carbocycles. The highest BCUT2D eigenvalue weighted by molar-refractivity contribution is 5.76. The third-order valence-electron chi connectivity index (χ3n) is 4.41. The summed E-state index contributed by atoms with van der Waals surface area (Å²) < 4.78 is 3.39. The predicted molar refractivity (Wildman–Crippen MR) is 94.9 cm³/mol. The molecule has 26 heavy (non-hydrogen) atoms. The first-order valence-corrected chi connectivity index (χ1v) is 8.54. The zero-order chi connectivity index (χ0) is 17.9. The van der Waals surface area contributed by atoms with E-state index >= 15 is 0 Å². The van der Waals surface area contributed by atoms with Crippen molar-refractivity contribution >= 4 is 11.7 Å². The van der Waals surface area contributed by atoms with E-state index in [0.717, 1.165) is 30.4 Å². The number of carbonyl (C=O) groups is 1. The lowest BCUT2D eigenvalue weighted by molar-refractivity contribution is -0.132. The number of rotatable bonds is 4. The van der Waals surface area contributed by atoms with Crippen molar-refractivity contribution in [3.8, 4) is 5.82 Å². The largest absolute Gasteiger partial charge is 0.353 e. The molecular formula is C17H20N8O. The van der Waals surface area contributed by atoms with Crippen molar-refractivity contribution in [2.45, 2.75) is 13.5 Å². The number of aromatic nitrogens is 6. The normalized spacial score (nSPS) is 14.7. The molecule has 1 aliphatic rings. The van der Waals surface area contributed by atoms with Crippen LogP contribution < -0.4 is 4.90 Å². The Bertz CT molecular complexity index is 880. The van der Waals surface area contributed by atoms with E-state index in [2.05, 4.69) is 25.1 Å². The van der Waals surface area contributed by atoms with Crippen LogP contribution in [-0.4, -0.2) is 66.5 Å². The Balaban J connectivity index is 1.39. The fourth-order valence-corrected chi connectivity index (χ4v) is 3.00. The lowest BCUT2D eigenvalue weighted by Crippen LogP contribution is -2.49. The SMILES string of the molecule is Cc1ccn(-c2cc(N3CCN(C(=O)Cn4cccn4)CC3)ncn2)n1. The number of piperazine rings is 1. The first-order valence-electron chi connectivity index (χ1n) is 8.54. The smallest absolute Gasteiger partial charge is 0.244 e. The summed E-state index contributed by atoms with van der Waals surface area (Å²) in [5, 5.41) is 8.47. The summed E-state index contributed by atoms with van der Waals surface area (Å²) >= 11 is 0. The van der Waals surface area contributed by atoms with Crippen molar-refractivity contribution in [1.82, 2.24) is 34.4 Å². The number of hydrogen-bond acceptors (Lipinski definition) is 6. The van der Waals surface area contributed by atoms with Crippen LogP contribution in [0.15, 0.2) is 43.1 Å². The molecule has 9 heteroatoms. The minimum atomic E-state index is 0.0868. The van der Waals surface area contributed by atoms with E-state index in [1.165, 1.54) is 0 Å². The summed E-state index contributed by atoms with van der Waals surface area (Å²) in [6.07, 6.45) is 6.91. The Morgan fingerprint density at radius 1 is 1.12 bits per heavy atom. The average Bonchev–Trinajstić information content (AvgIpc) is 3.34. The van der Waals surface area contributed by atoms with Crippen LogP contribution in [0.1, 0.15) is 5.69 Å². The van der Waals surface area contributed by atoms with Crippen LogP contribution in [0.25, 0.3) is 5.82 Å². The maximum Gasteiger partial charge on any atom is 0.244 e. The monoisotopic (exact) mass is 352 g/mol. The van der Waals surface area contributed by atoms with Crippen LogP contribution in [0.3, 0.4) is 0 Å². The molecule has 1 aliphatic heterocycles. The van der Waals surface area contributed by atoms with Gasteiger partial charge in [0.25, 0.3) is 0 Å². The zero-order valence-corrected chi connectivity index (χ0v) is 14.6. The molecule has 0 unspecified atom stereocenters. The van der Waals surface area contributed by atoms with E-state index in [0.29, 0.717) is 13.1 Å². The highest BCUT2D eigenvalue weighted by Gasteiger charge is 2.22. The van der Waals surface area contributed by atoms with Gasteiger partial charge in [0, 0.05) is 50.8 Å². The van der Waals surface area contributed by atoms with Crippen molar-refractivity contribution in [3.63, 3.8) is 0 Å². The van der Waals surface area contributed by atoms with Crippen LogP contribution >= 0.6 is 0 Å². The molecule has 1 saturated heterocycles. The number of hydrogen-bond donors (Lipinski definition) is 0. The van der Waals surface area contributed by atoms with Crippen molar-refractivity contribution < 1.29 is 4.79 Å².